The maximum absolute atomic E-state index is 5.70. The molecular formula is C13H21NO2. The Morgan fingerprint density at radius 3 is 2.56 bits per heavy atom. The van der Waals surface area contributed by atoms with Crippen molar-refractivity contribution in [2.45, 2.75) is 50.9 Å². The molecule has 0 amide bonds. The van der Waals surface area contributed by atoms with Gasteiger partial charge in [0.05, 0.1) is 13.2 Å². The molecule has 1 saturated heterocycles. The van der Waals surface area contributed by atoms with Crippen LogP contribution in [0.1, 0.15) is 39.0 Å². The minimum absolute atomic E-state index is 0.221. The molecule has 3 nitrogen and oxygen atoms in total. The predicted octanol–water partition coefficient (Wildman–Crippen LogP) is 1.68. The summed E-state index contributed by atoms with van der Waals surface area (Å²) in [5, 5.41) is 3.55. The van der Waals surface area contributed by atoms with Gasteiger partial charge in [-0.15, -0.1) is 11.8 Å². The highest BCUT2D eigenvalue weighted by molar-refractivity contribution is 4.95. The summed E-state index contributed by atoms with van der Waals surface area (Å²) in [6.45, 7) is 4.42. The molecule has 1 aliphatic carbocycles. The van der Waals surface area contributed by atoms with E-state index in [4.69, 9.17) is 9.47 Å². The SMILES string of the molecule is CC#CCCNC1CCC2(CC1)OCCO2. The summed E-state index contributed by atoms with van der Waals surface area (Å²) in [7, 11) is 0. The van der Waals surface area contributed by atoms with Gasteiger partial charge in [0.15, 0.2) is 5.79 Å². The van der Waals surface area contributed by atoms with Crippen LogP contribution in [0.5, 0.6) is 0 Å². The standard InChI is InChI=1S/C13H21NO2/c1-2-3-4-9-14-12-5-7-13(8-6-12)15-10-11-16-13/h12,14H,4-11H2,1H3. The van der Waals surface area contributed by atoms with Crippen LogP contribution >= 0.6 is 0 Å². The average Bonchev–Trinajstić information content (AvgIpc) is 2.76. The van der Waals surface area contributed by atoms with E-state index < -0.39 is 0 Å². The highest BCUT2D eigenvalue weighted by Gasteiger charge is 2.39. The topological polar surface area (TPSA) is 30.5 Å². The molecule has 0 atom stereocenters. The Morgan fingerprint density at radius 2 is 1.94 bits per heavy atom. The minimum Gasteiger partial charge on any atom is -0.348 e. The van der Waals surface area contributed by atoms with Crippen molar-refractivity contribution >= 4 is 0 Å². The number of ether oxygens (including phenoxy) is 2. The normalized spacial score (nSPS) is 24.3. The fourth-order valence-corrected chi connectivity index (χ4v) is 2.51. The van der Waals surface area contributed by atoms with Gasteiger partial charge in [0.1, 0.15) is 0 Å². The summed E-state index contributed by atoms with van der Waals surface area (Å²) in [6, 6.07) is 0.622. The van der Waals surface area contributed by atoms with Gasteiger partial charge in [-0.1, -0.05) is 0 Å². The van der Waals surface area contributed by atoms with Crippen molar-refractivity contribution in [2.75, 3.05) is 19.8 Å². The predicted molar refractivity (Wildman–Crippen MR) is 63.0 cm³/mol. The van der Waals surface area contributed by atoms with Gasteiger partial charge < -0.3 is 14.8 Å². The first kappa shape index (κ1) is 11.9. The fraction of sp³-hybridized carbons (Fsp3) is 0.846. The number of hydrogen-bond donors (Lipinski definition) is 1. The zero-order valence-electron chi connectivity index (χ0n) is 10.1. The van der Waals surface area contributed by atoms with Crippen molar-refractivity contribution in [3.63, 3.8) is 0 Å². The van der Waals surface area contributed by atoms with Gasteiger partial charge in [0, 0.05) is 31.8 Å². The Labute approximate surface area is 97.9 Å². The number of hydrogen-bond acceptors (Lipinski definition) is 3. The summed E-state index contributed by atoms with van der Waals surface area (Å²) in [4.78, 5) is 0. The first-order valence-corrected chi connectivity index (χ1v) is 6.25. The molecule has 0 radical (unpaired) electrons. The van der Waals surface area contributed by atoms with Crippen LogP contribution in [-0.2, 0) is 9.47 Å². The smallest absolute Gasteiger partial charge is 0.168 e. The first-order valence-electron chi connectivity index (χ1n) is 6.25. The lowest BCUT2D eigenvalue weighted by Gasteiger charge is -2.35. The van der Waals surface area contributed by atoms with Crippen LogP contribution in [0.4, 0.5) is 0 Å². The molecule has 16 heavy (non-hydrogen) atoms. The molecule has 2 rings (SSSR count). The van der Waals surface area contributed by atoms with E-state index in [1.54, 1.807) is 0 Å². The third-order valence-corrected chi connectivity index (χ3v) is 3.42. The fourth-order valence-electron chi connectivity index (χ4n) is 2.51. The van der Waals surface area contributed by atoms with Gasteiger partial charge in [-0.05, 0) is 19.8 Å². The van der Waals surface area contributed by atoms with Crippen LogP contribution in [0.15, 0.2) is 0 Å². The molecule has 0 aromatic rings. The molecule has 0 aromatic heterocycles. The molecule has 1 spiro atoms. The highest BCUT2D eigenvalue weighted by atomic mass is 16.7. The molecule has 1 N–H and O–H groups in total. The third kappa shape index (κ3) is 2.98. The lowest BCUT2D eigenvalue weighted by atomic mass is 9.90. The second kappa shape index (κ2) is 5.67. The number of rotatable bonds is 3. The van der Waals surface area contributed by atoms with E-state index in [1.165, 1.54) is 0 Å². The zero-order chi connectivity index (χ0) is 11.3. The summed E-state index contributed by atoms with van der Waals surface area (Å²) in [5.41, 5.74) is 0. The van der Waals surface area contributed by atoms with Crippen LogP contribution in [-0.4, -0.2) is 31.6 Å². The van der Waals surface area contributed by atoms with Gasteiger partial charge >= 0.3 is 0 Å². The van der Waals surface area contributed by atoms with Gasteiger partial charge in [-0.25, -0.2) is 0 Å². The maximum atomic E-state index is 5.70. The van der Waals surface area contributed by atoms with Crippen LogP contribution in [0.2, 0.25) is 0 Å². The summed E-state index contributed by atoms with van der Waals surface area (Å²) < 4.78 is 11.4. The zero-order valence-corrected chi connectivity index (χ0v) is 10.1. The average molecular weight is 223 g/mol. The van der Waals surface area contributed by atoms with Crippen LogP contribution in [0.3, 0.4) is 0 Å². The molecule has 0 aromatic carbocycles. The van der Waals surface area contributed by atoms with E-state index in [0.29, 0.717) is 6.04 Å². The largest absolute Gasteiger partial charge is 0.348 e. The van der Waals surface area contributed by atoms with Crippen molar-refractivity contribution in [3.05, 3.63) is 0 Å². The summed E-state index contributed by atoms with van der Waals surface area (Å²) in [5.74, 6) is 5.77. The molecule has 90 valence electrons. The van der Waals surface area contributed by atoms with Crippen molar-refractivity contribution in [2.24, 2.45) is 0 Å². The second-order valence-electron chi connectivity index (χ2n) is 4.51. The van der Waals surface area contributed by atoms with Crippen LogP contribution < -0.4 is 5.32 Å². The van der Waals surface area contributed by atoms with E-state index >= 15 is 0 Å². The van der Waals surface area contributed by atoms with Crippen LogP contribution in [0.25, 0.3) is 0 Å². The molecular weight excluding hydrogens is 202 g/mol. The van der Waals surface area contributed by atoms with Gasteiger partial charge in [-0.2, -0.15) is 0 Å². The molecule has 1 saturated carbocycles. The van der Waals surface area contributed by atoms with Crippen molar-refractivity contribution in [1.29, 1.82) is 0 Å². The third-order valence-electron chi connectivity index (χ3n) is 3.42. The lowest BCUT2D eigenvalue weighted by Crippen LogP contribution is -2.42. The van der Waals surface area contributed by atoms with Crippen molar-refractivity contribution < 1.29 is 9.47 Å². The van der Waals surface area contributed by atoms with Gasteiger partial charge in [0.25, 0.3) is 0 Å². The Kier molecular flexibility index (Phi) is 4.22. The molecule has 1 heterocycles. The summed E-state index contributed by atoms with van der Waals surface area (Å²) in [6.07, 6.45) is 5.32. The Balaban J connectivity index is 1.66. The quantitative estimate of drug-likeness (QED) is 0.583. The van der Waals surface area contributed by atoms with Gasteiger partial charge in [-0.3, -0.25) is 0 Å². The second-order valence-corrected chi connectivity index (χ2v) is 4.51. The van der Waals surface area contributed by atoms with E-state index in [2.05, 4.69) is 17.2 Å². The molecule has 3 heteroatoms. The monoisotopic (exact) mass is 223 g/mol. The molecule has 1 aliphatic heterocycles. The van der Waals surface area contributed by atoms with Crippen molar-refractivity contribution in [3.8, 4) is 11.8 Å². The first-order chi connectivity index (χ1) is 7.85. The molecule has 2 fully saturated rings. The Bertz CT molecular complexity index is 263. The van der Waals surface area contributed by atoms with Crippen LogP contribution in [0, 0.1) is 11.8 Å². The van der Waals surface area contributed by atoms with Crippen molar-refractivity contribution in [1.82, 2.24) is 5.32 Å². The lowest BCUT2D eigenvalue weighted by molar-refractivity contribution is -0.179. The Hall–Kier alpha value is -0.560. The molecule has 0 bridgehead atoms. The minimum atomic E-state index is -0.221. The molecule has 2 aliphatic rings. The van der Waals surface area contributed by atoms with E-state index in [9.17, 15) is 0 Å². The maximum Gasteiger partial charge on any atom is 0.168 e. The Morgan fingerprint density at radius 1 is 1.25 bits per heavy atom. The molecule has 0 unspecified atom stereocenters. The number of nitrogens with one attached hydrogen (secondary N) is 1. The highest BCUT2D eigenvalue weighted by Crippen LogP contribution is 2.35. The van der Waals surface area contributed by atoms with Gasteiger partial charge in [0.2, 0.25) is 0 Å². The summed E-state index contributed by atoms with van der Waals surface area (Å²) >= 11 is 0. The van der Waals surface area contributed by atoms with E-state index in [0.717, 1.165) is 51.9 Å². The van der Waals surface area contributed by atoms with E-state index in [1.807, 2.05) is 6.92 Å². The van der Waals surface area contributed by atoms with E-state index in [-0.39, 0.29) is 5.79 Å².